The molecule has 0 atom stereocenters. The molecular formula is C13H16N4O2. The van der Waals surface area contributed by atoms with Gasteiger partial charge in [0.1, 0.15) is 0 Å². The van der Waals surface area contributed by atoms with E-state index in [4.69, 9.17) is 10.8 Å². The topological polar surface area (TPSA) is 93.2 Å². The summed E-state index contributed by atoms with van der Waals surface area (Å²) in [6.07, 6.45) is 2.50. The second-order valence-electron chi connectivity index (χ2n) is 4.23. The first-order valence-corrected chi connectivity index (χ1v) is 5.91. The minimum atomic E-state index is -0.990. The van der Waals surface area contributed by atoms with Crippen molar-refractivity contribution in [1.29, 1.82) is 0 Å². The van der Waals surface area contributed by atoms with Crippen molar-refractivity contribution in [2.45, 2.75) is 6.42 Å². The Balaban J connectivity index is 2.03. The van der Waals surface area contributed by atoms with Gasteiger partial charge in [-0.15, -0.1) is 0 Å². The minimum Gasteiger partial charge on any atom is -0.478 e. The lowest BCUT2D eigenvalue weighted by Crippen LogP contribution is -2.11. The quantitative estimate of drug-likeness (QED) is 0.706. The molecule has 0 unspecified atom stereocenters. The van der Waals surface area contributed by atoms with Gasteiger partial charge < -0.3 is 16.2 Å². The van der Waals surface area contributed by atoms with E-state index >= 15 is 0 Å². The first-order valence-electron chi connectivity index (χ1n) is 5.91. The molecule has 0 aliphatic heterocycles. The number of nitrogen functional groups attached to an aromatic ring is 1. The number of aryl methyl sites for hydroxylation is 1. The van der Waals surface area contributed by atoms with Crippen molar-refractivity contribution in [3.8, 4) is 0 Å². The van der Waals surface area contributed by atoms with Crippen LogP contribution in [0.1, 0.15) is 16.1 Å². The summed E-state index contributed by atoms with van der Waals surface area (Å²) >= 11 is 0. The summed E-state index contributed by atoms with van der Waals surface area (Å²) < 4.78 is 1.79. The number of carbonyl (C=O) groups is 1. The third-order valence-corrected chi connectivity index (χ3v) is 2.89. The average Bonchev–Trinajstić information content (AvgIpc) is 2.77. The van der Waals surface area contributed by atoms with E-state index in [1.807, 2.05) is 13.1 Å². The highest BCUT2D eigenvalue weighted by molar-refractivity contribution is 5.95. The highest BCUT2D eigenvalue weighted by atomic mass is 16.4. The van der Waals surface area contributed by atoms with E-state index in [0.717, 1.165) is 12.1 Å². The molecule has 0 bridgehead atoms. The van der Waals surface area contributed by atoms with Gasteiger partial charge >= 0.3 is 5.97 Å². The first-order chi connectivity index (χ1) is 9.08. The summed E-state index contributed by atoms with van der Waals surface area (Å²) in [6, 6.07) is 6.75. The fraction of sp³-hybridized carbons (Fsp3) is 0.231. The van der Waals surface area contributed by atoms with E-state index in [1.165, 1.54) is 6.07 Å². The first kappa shape index (κ1) is 12.9. The molecule has 1 aromatic heterocycles. The number of nitrogens with zero attached hydrogens (tertiary/aromatic N) is 2. The maximum Gasteiger partial charge on any atom is 0.337 e. The molecular weight excluding hydrogens is 244 g/mol. The van der Waals surface area contributed by atoms with E-state index in [-0.39, 0.29) is 5.56 Å². The summed E-state index contributed by atoms with van der Waals surface area (Å²) in [4.78, 5) is 11.1. The summed E-state index contributed by atoms with van der Waals surface area (Å²) in [5, 5.41) is 16.3. The number of hydrogen-bond acceptors (Lipinski definition) is 4. The van der Waals surface area contributed by atoms with Gasteiger partial charge in [0.2, 0.25) is 0 Å². The number of hydrogen-bond donors (Lipinski definition) is 3. The van der Waals surface area contributed by atoms with Gasteiger partial charge in [0.15, 0.2) is 0 Å². The Labute approximate surface area is 110 Å². The van der Waals surface area contributed by atoms with Crippen LogP contribution in [0, 0.1) is 0 Å². The maximum atomic E-state index is 11.1. The van der Waals surface area contributed by atoms with Crippen LogP contribution < -0.4 is 11.1 Å². The lowest BCUT2D eigenvalue weighted by Gasteiger charge is -2.10. The monoisotopic (exact) mass is 260 g/mol. The zero-order chi connectivity index (χ0) is 13.8. The van der Waals surface area contributed by atoms with Crippen molar-refractivity contribution in [3.63, 3.8) is 0 Å². The summed E-state index contributed by atoms with van der Waals surface area (Å²) in [7, 11) is 1.88. The Hall–Kier alpha value is -2.50. The molecule has 0 saturated heterocycles. The Morgan fingerprint density at radius 1 is 1.47 bits per heavy atom. The number of carboxylic acids is 1. The van der Waals surface area contributed by atoms with Crippen LogP contribution >= 0.6 is 0 Å². The Bertz CT molecular complexity index is 592. The van der Waals surface area contributed by atoms with Gasteiger partial charge in [0.05, 0.1) is 5.56 Å². The van der Waals surface area contributed by atoms with E-state index in [1.54, 1.807) is 23.0 Å². The van der Waals surface area contributed by atoms with Crippen LogP contribution in [0.15, 0.2) is 30.5 Å². The summed E-state index contributed by atoms with van der Waals surface area (Å²) in [6.45, 7) is 0.629. The second-order valence-corrected chi connectivity index (χ2v) is 4.23. The van der Waals surface area contributed by atoms with E-state index < -0.39 is 5.97 Å². The molecule has 1 aromatic carbocycles. The molecule has 19 heavy (non-hydrogen) atoms. The summed E-state index contributed by atoms with van der Waals surface area (Å²) in [5.41, 5.74) is 7.87. The fourth-order valence-corrected chi connectivity index (χ4v) is 1.86. The molecule has 0 radical (unpaired) electrons. The molecule has 4 N–H and O–H groups in total. The Kier molecular flexibility index (Phi) is 3.70. The van der Waals surface area contributed by atoms with Crippen molar-refractivity contribution in [1.82, 2.24) is 9.78 Å². The number of anilines is 2. The molecule has 2 aromatic rings. The van der Waals surface area contributed by atoms with Gasteiger partial charge in [-0.05, 0) is 24.3 Å². The molecule has 100 valence electrons. The van der Waals surface area contributed by atoms with Crippen molar-refractivity contribution < 1.29 is 9.90 Å². The number of benzene rings is 1. The standard InChI is InChI=1S/C13H16N4O2/c1-17-10(5-7-16-17)4-6-15-12-3-2-9(14)8-11(12)13(18)19/h2-3,5,7-8,15H,4,6,14H2,1H3,(H,18,19). The van der Waals surface area contributed by atoms with Gasteiger partial charge in [-0.25, -0.2) is 4.79 Å². The molecule has 0 amide bonds. The Morgan fingerprint density at radius 3 is 2.89 bits per heavy atom. The lowest BCUT2D eigenvalue weighted by molar-refractivity contribution is 0.0698. The predicted octanol–water partition coefficient (Wildman–Crippen LogP) is 1.36. The minimum absolute atomic E-state index is 0.185. The number of nitrogens with two attached hydrogens (primary N) is 1. The predicted molar refractivity (Wildman–Crippen MR) is 73.2 cm³/mol. The molecule has 0 aliphatic rings. The van der Waals surface area contributed by atoms with Crippen LogP contribution in [0.25, 0.3) is 0 Å². The highest BCUT2D eigenvalue weighted by Gasteiger charge is 2.10. The van der Waals surface area contributed by atoms with Crippen molar-refractivity contribution in [3.05, 3.63) is 41.7 Å². The van der Waals surface area contributed by atoms with Crippen molar-refractivity contribution >= 4 is 17.3 Å². The van der Waals surface area contributed by atoms with Crippen LogP contribution in [0.5, 0.6) is 0 Å². The van der Waals surface area contributed by atoms with Gasteiger partial charge in [-0.2, -0.15) is 5.10 Å². The summed E-state index contributed by atoms with van der Waals surface area (Å²) in [5.74, 6) is -0.990. The molecule has 0 fully saturated rings. The molecule has 0 saturated carbocycles. The normalized spacial score (nSPS) is 10.4. The highest BCUT2D eigenvalue weighted by Crippen LogP contribution is 2.18. The number of aromatic carboxylic acids is 1. The largest absolute Gasteiger partial charge is 0.478 e. The van der Waals surface area contributed by atoms with Crippen LogP contribution in [0.4, 0.5) is 11.4 Å². The van der Waals surface area contributed by atoms with Gasteiger partial charge in [-0.1, -0.05) is 0 Å². The van der Waals surface area contributed by atoms with Crippen LogP contribution in [0.2, 0.25) is 0 Å². The molecule has 2 rings (SSSR count). The average molecular weight is 260 g/mol. The number of carboxylic acid groups (broad SMARTS) is 1. The molecule has 6 heteroatoms. The lowest BCUT2D eigenvalue weighted by atomic mass is 10.1. The molecule has 0 spiro atoms. The van der Waals surface area contributed by atoms with Gasteiger partial charge in [-0.3, -0.25) is 4.68 Å². The zero-order valence-corrected chi connectivity index (χ0v) is 10.6. The number of rotatable bonds is 5. The van der Waals surface area contributed by atoms with Crippen LogP contribution in [-0.2, 0) is 13.5 Å². The van der Waals surface area contributed by atoms with E-state index in [9.17, 15) is 4.79 Å². The van der Waals surface area contributed by atoms with Crippen LogP contribution in [0.3, 0.4) is 0 Å². The van der Waals surface area contributed by atoms with Gasteiger partial charge in [0, 0.05) is 43.3 Å². The smallest absolute Gasteiger partial charge is 0.337 e. The Morgan fingerprint density at radius 2 is 2.26 bits per heavy atom. The number of aromatic nitrogens is 2. The third kappa shape index (κ3) is 3.04. The van der Waals surface area contributed by atoms with E-state index in [2.05, 4.69) is 10.4 Å². The maximum absolute atomic E-state index is 11.1. The number of nitrogens with one attached hydrogen (secondary N) is 1. The fourth-order valence-electron chi connectivity index (χ4n) is 1.86. The second kappa shape index (κ2) is 5.43. The van der Waals surface area contributed by atoms with Crippen LogP contribution in [-0.4, -0.2) is 27.4 Å². The molecule has 6 nitrogen and oxygen atoms in total. The van der Waals surface area contributed by atoms with E-state index in [0.29, 0.717) is 17.9 Å². The molecule has 0 aliphatic carbocycles. The third-order valence-electron chi connectivity index (χ3n) is 2.89. The molecule has 1 heterocycles. The van der Waals surface area contributed by atoms with Crippen molar-refractivity contribution in [2.24, 2.45) is 7.05 Å². The SMILES string of the molecule is Cn1nccc1CCNc1ccc(N)cc1C(=O)O. The van der Waals surface area contributed by atoms with Crippen molar-refractivity contribution in [2.75, 3.05) is 17.6 Å². The van der Waals surface area contributed by atoms with Gasteiger partial charge in [0.25, 0.3) is 0 Å². The zero-order valence-electron chi connectivity index (χ0n) is 10.6.